The van der Waals surface area contributed by atoms with E-state index >= 15 is 0 Å². The van der Waals surface area contributed by atoms with Crippen LogP contribution in [0.1, 0.15) is 37.0 Å². The Hall–Kier alpha value is -2.15. The van der Waals surface area contributed by atoms with E-state index in [1.54, 1.807) is 0 Å². The number of carbonyl (C=O) groups is 1. The summed E-state index contributed by atoms with van der Waals surface area (Å²) in [6.07, 6.45) is 0.959. The van der Waals surface area contributed by atoms with E-state index < -0.39 is 22.7 Å². The first-order chi connectivity index (χ1) is 9.92. The highest BCUT2D eigenvalue weighted by Gasteiger charge is 2.25. The number of para-hydroxylation sites is 1. The Bertz CT molecular complexity index is 514. The van der Waals surface area contributed by atoms with Crippen LogP contribution in [-0.2, 0) is 0 Å². The molecule has 0 aromatic heterocycles. The van der Waals surface area contributed by atoms with Gasteiger partial charge in [-0.25, -0.2) is 4.79 Å². The third-order valence-electron chi connectivity index (χ3n) is 3.54. The van der Waals surface area contributed by atoms with Crippen LogP contribution in [0, 0.1) is 16.0 Å². The Balaban J connectivity index is 2.96. The van der Waals surface area contributed by atoms with Gasteiger partial charge in [-0.3, -0.25) is 10.1 Å². The Labute approximate surface area is 122 Å². The predicted molar refractivity (Wildman–Crippen MR) is 78.6 cm³/mol. The van der Waals surface area contributed by atoms with E-state index in [9.17, 15) is 20.0 Å². The highest BCUT2D eigenvalue weighted by molar-refractivity contribution is 5.95. The number of aliphatic hydroxyl groups excluding tert-OH is 1. The van der Waals surface area contributed by atoms with E-state index in [2.05, 4.69) is 5.32 Å². The lowest BCUT2D eigenvalue weighted by Gasteiger charge is -2.20. The average Bonchev–Trinajstić information content (AvgIpc) is 2.45. The van der Waals surface area contributed by atoms with Gasteiger partial charge in [0.15, 0.2) is 0 Å². The largest absolute Gasteiger partial charge is 0.477 e. The molecule has 7 nitrogen and oxygen atoms in total. The maximum absolute atomic E-state index is 11.1. The minimum Gasteiger partial charge on any atom is -0.477 e. The molecule has 1 aromatic carbocycles. The van der Waals surface area contributed by atoms with Crippen molar-refractivity contribution in [1.82, 2.24) is 0 Å². The number of carboxylic acids is 1. The molecule has 116 valence electrons. The van der Waals surface area contributed by atoms with Crippen LogP contribution in [0.4, 0.5) is 11.4 Å². The number of rotatable bonds is 8. The number of anilines is 1. The number of aliphatic hydroxyl groups is 1. The van der Waals surface area contributed by atoms with Crippen molar-refractivity contribution in [1.29, 1.82) is 0 Å². The minimum atomic E-state index is -1.36. The van der Waals surface area contributed by atoms with Gasteiger partial charge in [0.1, 0.15) is 11.3 Å². The molecule has 0 heterocycles. The SMILES string of the molecule is CCC(CC)C(O)CNc1cccc(C(=O)O)c1[N+](=O)[O-]. The van der Waals surface area contributed by atoms with Crippen LogP contribution in [-0.4, -0.2) is 33.8 Å². The van der Waals surface area contributed by atoms with Crippen molar-refractivity contribution in [3.8, 4) is 0 Å². The van der Waals surface area contributed by atoms with Crippen molar-refractivity contribution in [3.05, 3.63) is 33.9 Å². The molecule has 1 atom stereocenters. The number of nitro groups is 1. The first-order valence-electron chi connectivity index (χ1n) is 6.84. The predicted octanol–water partition coefficient (Wildman–Crippen LogP) is 2.50. The zero-order valence-corrected chi connectivity index (χ0v) is 12.1. The van der Waals surface area contributed by atoms with Gasteiger partial charge >= 0.3 is 11.7 Å². The number of carboxylic acid groups (broad SMARTS) is 1. The van der Waals surface area contributed by atoms with E-state index in [0.717, 1.165) is 12.8 Å². The fourth-order valence-corrected chi connectivity index (χ4v) is 2.27. The van der Waals surface area contributed by atoms with Gasteiger partial charge in [-0.1, -0.05) is 32.8 Å². The normalized spacial score (nSPS) is 12.2. The molecule has 7 heteroatoms. The van der Waals surface area contributed by atoms with Crippen molar-refractivity contribution >= 4 is 17.3 Å². The summed E-state index contributed by atoms with van der Waals surface area (Å²) < 4.78 is 0. The maximum Gasteiger partial charge on any atom is 0.342 e. The third kappa shape index (κ3) is 4.16. The molecule has 0 fully saturated rings. The van der Waals surface area contributed by atoms with Crippen LogP contribution in [0.25, 0.3) is 0 Å². The first kappa shape index (κ1) is 16.9. The van der Waals surface area contributed by atoms with Crippen LogP contribution in [0.3, 0.4) is 0 Å². The summed E-state index contributed by atoms with van der Waals surface area (Å²) in [4.78, 5) is 21.4. The highest BCUT2D eigenvalue weighted by atomic mass is 16.6. The Morgan fingerprint density at radius 2 is 2.00 bits per heavy atom. The lowest BCUT2D eigenvalue weighted by Crippen LogP contribution is -2.28. The van der Waals surface area contributed by atoms with Crippen LogP contribution in [0.2, 0.25) is 0 Å². The van der Waals surface area contributed by atoms with Gasteiger partial charge in [-0.05, 0) is 18.1 Å². The molecular weight excluding hydrogens is 276 g/mol. The molecular formula is C14H20N2O5. The second-order valence-corrected chi connectivity index (χ2v) is 4.79. The summed E-state index contributed by atoms with van der Waals surface area (Å²) in [6.45, 7) is 4.06. The summed E-state index contributed by atoms with van der Waals surface area (Å²) in [6, 6.07) is 4.05. The van der Waals surface area contributed by atoms with Crippen molar-refractivity contribution in [2.75, 3.05) is 11.9 Å². The van der Waals surface area contributed by atoms with E-state index in [-0.39, 0.29) is 23.7 Å². The van der Waals surface area contributed by atoms with E-state index in [0.29, 0.717) is 0 Å². The van der Waals surface area contributed by atoms with Crippen molar-refractivity contribution in [2.45, 2.75) is 32.8 Å². The third-order valence-corrected chi connectivity index (χ3v) is 3.54. The Morgan fingerprint density at radius 1 is 1.38 bits per heavy atom. The molecule has 0 bridgehead atoms. The van der Waals surface area contributed by atoms with Crippen molar-refractivity contribution in [2.24, 2.45) is 5.92 Å². The lowest BCUT2D eigenvalue weighted by atomic mass is 9.96. The summed E-state index contributed by atoms with van der Waals surface area (Å²) in [7, 11) is 0. The molecule has 0 saturated carbocycles. The number of benzene rings is 1. The molecule has 1 unspecified atom stereocenters. The van der Waals surface area contributed by atoms with E-state index in [1.807, 2.05) is 13.8 Å². The van der Waals surface area contributed by atoms with Crippen molar-refractivity contribution < 1.29 is 19.9 Å². The zero-order chi connectivity index (χ0) is 16.0. The van der Waals surface area contributed by atoms with Gasteiger partial charge < -0.3 is 15.5 Å². The smallest absolute Gasteiger partial charge is 0.342 e. The average molecular weight is 296 g/mol. The van der Waals surface area contributed by atoms with Crippen LogP contribution in [0.5, 0.6) is 0 Å². The molecule has 0 amide bonds. The molecule has 0 aliphatic rings. The van der Waals surface area contributed by atoms with Crippen LogP contribution >= 0.6 is 0 Å². The quantitative estimate of drug-likeness (QED) is 0.502. The standard InChI is InChI=1S/C14H20N2O5/c1-3-9(4-2)12(17)8-15-11-7-5-6-10(14(18)19)13(11)16(20)21/h5-7,9,12,15,17H,3-4,8H2,1-2H3,(H,18,19). The molecule has 0 aliphatic heterocycles. The number of nitrogens with zero attached hydrogens (tertiary/aromatic N) is 1. The fraction of sp³-hybridized carbons (Fsp3) is 0.500. The lowest BCUT2D eigenvalue weighted by molar-refractivity contribution is -0.384. The number of hydrogen-bond acceptors (Lipinski definition) is 5. The zero-order valence-electron chi connectivity index (χ0n) is 12.1. The molecule has 1 rings (SSSR count). The molecule has 1 aromatic rings. The van der Waals surface area contributed by atoms with Crippen LogP contribution < -0.4 is 5.32 Å². The maximum atomic E-state index is 11.1. The van der Waals surface area contributed by atoms with Gasteiger partial charge in [0, 0.05) is 6.54 Å². The van der Waals surface area contributed by atoms with E-state index in [4.69, 9.17) is 5.11 Å². The van der Waals surface area contributed by atoms with E-state index in [1.165, 1.54) is 18.2 Å². The molecule has 3 N–H and O–H groups in total. The summed E-state index contributed by atoms with van der Waals surface area (Å²) in [5.74, 6) is -1.26. The van der Waals surface area contributed by atoms with Crippen LogP contribution in [0.15, 0.2) is 18.2 Å². The number of nitrogens with one attached hydrogen (secondary N) is 1. The van der Waals surface area contributed by atoms with Gasteiger partial charge in [0.2, 0.25) is 0 Å². The number of aromatic carboxylic acids is 1. The molecule has 0 radical (unpaired) electrons. The second-order valence-electron chi connectivity index (χ2n) is 4.79. The topological polar surface area (TPSA) is 113 Å². The van der Waals surface area contributed by atoms with Gasteiger partial charge in [-0.15, -0.1) is 0 Å². The Kier molecular flexibility index (Phi) is 6.10. The monoisotopic (exact) mass is 296 g/mol. The molecule has 0 aliphatic carbocycles. The van der Waals surface area contributed by atoms with Crippen molar-refractivity contribution in [3.63, 3.8) is 0 Å². The van der Waals surface area contributed by atoms with Gasteiger partial charge in [0.05, 0.1) is 11.0 Å². The Morgan fingerprint density at radius 3 is 2.48 bits per heavy atom. The molecule has 21 heavy (non-hydrogen) atoms. The summed E-state index contributed by atoms with van der Waals surface area (Å²) >= 11 is 0. The minimum absolute atomic E-state index is 0.0965. The fourth-order valence-electron chi connectivity index (χ4n) is 2.27. The molecule has 0 saturated heterocycles. The second kappa shape index (κ2) is 7.58. The number of hydrogen-bond donors (Lipinski definition) is 3. The number of nitro benzene ring substituents is 1. The van der Waals surface area contributed by atoms with Gasteiger partial charge in [-0.2, -0.15) is 0 Å². The summed E-state index contributed by atoms with van der Waals surface area (Å²) in [5.41, 5.74) is -0.756. The highest BCUT2D eigenvalue weighted by Crippen LogP contribution is 2.29. The van der Waals surface area contributed by atoms with Gasteiger partial charge in [0.25, 0.3) is 0 Å². The first-order valence-corrected chi connectivity index (χ1v) is 6.84. The summed E-state index contributed by atoms with van der Waals surface area (Å²) in [5, 5.41) is 32.9. The molecule has 0 spiro atoms.